The minimum atomic E-state index is -3.22. The summed E-state index contributed by atoms with van der Waals surface area (Å²) in [6.45, 7) is 6.28. The number of nitrogens with zero attached hydrogens (tertiary/aromatic N) is 3. The van der Waals surface area contributed by atoms with Gasteiger partial charge in [-0.2, -0.15) is 4.39 Å². The highest BCUT2D eigenvalue weighted by Gasteiger charge is 2.05. The summed E-state index contributed by atoms with van der Waals surface area (Å²) in [6, 6.07) is 0. The van der Waals surface area contributed by atoms with Gasteiger partial charge in [-0.05, 0) is 61.4 Å². The minimum absolute atomic E-state index is 0.106. The number of halogens is 6. The summed E-state index contributed by atoms with van der Waals surface area (Å²) >= 11 is 19.2. The fourth-order valence-corrected chi connectivity index (χ4v) is 1.63. The van der Waals surface area contributed by atoms with E-state index in [0.29, 0.717) is 11.6 Å². The van der Waals surface area contributed by atoms with Gasteiger partial charge in [0.15, 0.2) is 11.0 Å². The fourth-order valence-electron chi connectivity index (χ4n) is 1.37. The zero-order valence-corrected chi connectivity index (χ0v) is 17.3. The molecule has 6 nitrogen and oxygen atoms in total. The number of nitrogens with one attached hydrogen (secondary N) is 1. The predicted molar refractivity (Wildman–Crippen MR) is 95.9 cm³/mol. The van der Waals surface area contributed by atoms with Crippen molar-refractivity contribution in [3.8, 4) is 0 Å². The highest BCUT2D eigenvalue weighted by Crippen LogP contribution is 2.61. The lowest BCUT2D eigenvalue weighted by Gasteiger charge is -1.97. The van der Waals surface area contributed by atoms with Gasteiger partial charge in [-0.15, -0.1) is 0 Å². The van der Waals surface area contributed by atoms with Gasteiger partial charge >= 0.3 is 5.20 Å². The average Bonchev–Trinajstić information content (AvgIpc) is 2.40. The van der Waals surface area contributed by atoms with Crippen LogP contribution >= 0.6 is 50.5 Å². The molecule has 0 aliphatic heterocycles. The highest BCUT2D eigenvalue weighted by atomic mass is 36.0. The molecule has 0 bridgehead atoms. The van der Waals surface area contributed by atoms with Crippen LogP contribution in [0.25, 0.3) is 0 Å². The second-order valence-corrected chi connectivity index (χ2v) is 11.4. The maximum absolute atomic E-state index is 12.7. The van der Waals surface area contributed by atoms with Gasteiger partial charge in [0.05, 0.1) is 11.4 Å². The van der Waals surface area contributed by atoms with Gasteiger partial charge in [0.25, 0.3) is 5.56 Å². The molecule has 0 aliphatic rings. The molecular weight excluding hydrogens is 443 g/mol. The molecule has 1 N–H and O–H groups in total. The molecule has 140 valence electrons. The number of aryl methyl sites for hydroxylation is 4. The van der Waals surface area contributed by atoms with E-state index in [1.165, 1.54) is 6.92 Å². The smallest absolute Gasteiger partial charge is 0.308 e. The third kappa shape index (κ3) is 10.7. The van der Waals surface area contributed by atoms with Gasteiger partial charge in [0.2, 0.25) is 5.82 Å². The first-order chi connectivity index (χ1) is 11.2. The normalized spacial score (nSPS) is 10.3. The number of aromatic nitrogens is 4. The first kappa shape index (κ1) is 24.2. The Morgan fingerprint density at radius 2 is 1.36 bits per heavy atom. The monoisotopic (exact) mass is 454 g/mol. The van der Waals surface area contributed by atoms with Crippen LogP contribution < -0.4 is 5.56 Å². The summed E-state index contributed by atoms with van der Waals surface area (Å²) < 4.78 is 34.7. The van der Waals surface area contributed by atoms with Gasteiger partial charge in [0, 0.05) is 0 Å². The first-order valence-corrected chi connectivity index (χ1v) is 11.1. The zero-order chi connectivity index (χ0) is 19.9. The second kappa shape index (κ2) is 10.4. The van der Waals surface area contributed by atoms with Crippen molar-refractivity contribution in [3.05, 3.63) is 50.2 Å². The summed E-state index contributed by atoms with van der Waals surface area (Å²) in [6.07, 6.45) is 0. The van der Waals surface area contributed by atoms with Gasteiger partial charge in [-0.25, -0.2) is 19.3 Å². The topological polar surface area (TPSA) is 88.6 Å². The molecular formula is C12H13Cl4F2N4O2P. The predicted octanol–water partition coefficient (Wildman–Crippen LogP) is 5.22. The zero-order valence-electron chi connectivity index (χ0n) is 13.4. The molecule has 13 heteroatoms. The standard InChI is InChI=1S/C6H6ClFN2.C6H7FN2O.Cl3OP/c1-3-5(8)6(7)10-4(2)9-3;1-3-5(7)6(10)9-4(2)8-3;1-5(2,3)4/h1-2H3;1-2H3,(H,8,9,10);. The molecule has 0 unspecified atom stereocenters. The summed E-state index contributed by atoms with van der Waals surface area (Å²) in [4.78, 5) is 23.9. The molecule has 2 rings (SSSR count). The van der Waals surface area contributed by atoms with E-state index >= 15 is 0 Å². The molecule has 0 saturated carbocycles. The van der Waals surface area contributed by atoms with Crippen molar-refractivity contribution < 1.29 is 13.3 Å². The molecule has 0 saturated heterocycles. The van der Waals surface area contributed by atoms with Gasteiger partial charge < -0.3 is 4.98 Å². The molecule has 25 heavy (non-hydrogen) atoms. The van der Waals surface area contributed by atoms with Crippen molar-refractivity contribution in [2.75, 3.05) is 0 Å². The molecule has 0 aliphatic carbocycles. The lowest BCUT2D eigenvalue weighted by Crippen LogP contribution is -2.15. The van der Waals surface area contributed by atoms with Crippen LogP contribution in [0.4, 0.5) is 8.78 Å². The van der Waals surface area contributed by atoms with Crippen LogP contribution in [0.2, 0.25) is 5.15 Å². The molecule has 0 atom stereocenters. The van der Waals surface area contributed by atoms with Crippen molar-refractivity contribution in [2.45, 2.75) is 27.7 Å². The van der Waals surface area contributed by atoms with Gasteiger partial charge in [0.1, 0.15) is 11.6 Å². The average molecular weight is 456 g/mol. The van der Waals surface area contributed by atoms with Crippen molar-refractivity contribution in [2.24, 2.45) is 0 Å². The van der Waals surface area contributed by atoms with E-state index in [1.54, 1.807) is 20.8 Å². The summed E-state index contributed by atoms with van der Waals surface area (Å²) in [5.74, 6) is -0.411. The Hall–Kier alpha value is -0.790. The summed E-state index contributed by atoms with van der Waals surface area (Å²) in [7, 11) is 0. The van der Waals surface area contributed by atoms with E-state index in [9.17, 15) is 18.1 Å². The summed E-state index contributed by atoms with van der Waals surface area (Å²) in [5.41, 5.74) is -0.274. The fraction of sp³-hybridized carbons (Fsp3) is 0.333. The molecule has 0 amide bonds. The largest absolute Gasteiger partial charge is 0.339 e. The van der Waals surface area contributed by atoms with Gasteiger partial charge in [-0.3, -0.25) is 9.36 Å². The quantitative estimate of drug-likeness (QED) is 0.434. The van der Waals surface area contributed by atoms with Crippen molar-refractivity contribution in [1.29, 1.82) is 0 Å². The lowest BCUT2D eigenvalue weighted by molar-refractivity contribution is 0.585. The van der Waals surface area contributed by atoms with E-state index in [-0.39, 0.29) is 16.5 Å². The molecule has 0 radical (unpaired) electrons. The minimum Gasteiger partial charge on any atom is -0.308 e. The van der Waals surface area contributed by atoms with Crippen LogP contribution in [0, 0.1) is 39.3 Å². The maximum atomic E-state index is 12.7. The molecule has 2 aromatic rings. The first-order valence-electron chi connectivity index (χ1n) is 6.30. The Morgan fingerprint density at radius 1 is 0.920 bits per heavy atom. The van der Waals surface area contributed by atoms with Crippen LogP contribution in [-0.2, 0) is 4.57 Å². The Labute approximate surface area is 161 Å². The van der Waals surface area contributed by atoms with E-state index < -0.39 is 22.4 Å². The highest BCUT2D eigenvalue weighted by molar-refractivity contribution is 8.24. The number of rotatable bonds is 0. The number of aromatic amines is 1. The Bertz CT molecular complexity index is 813. The number of hydrogen-bond donors (Lipinski definition) is 1. The van der Waals surface area contributed by atoms with Crippen LogP contribution in [0.3, 0.4) is 0 Å². The van der Waals surface area contributed by atoms with Crippen LogP contribution in [0.5, 0.6) is 0 Å². The van der Waals surface area contributed by atoms with Crippen LogP contribution in [0.15, 0.2) is 4.79 Å². The Kier molecular flexibility index (Phi) is 10.1. The Morgan fingerprint density at radius 3 is 1.76 bits per heavy atom. The van der Waals surface area contributed by atoms with Crippen LogP contribution in [-0.4, -0.2) is 19.9 Å². The van der Waals surface area contributed by atoms with E-state index in [4.69, 9.17) is 11.6 Å². The van der Waals surface area contributed by atoms with E-state index in [1.807, 2.05) is 0 Å². The number of hydrogen-bond acceptors (Lipinski definition) is 5. The summed E-state index contributed by atoms with van der Waals surface area (Å²) in [5, 5.41) is -3.33. The molecule has 0 aromatic carbocycles. The maximum Gasteiger partial charge on any atom is 0.339 e. The lowest BCUT2D eigenvalue weighted by atomic mass is 10.4. The third-order valence-corrected chi connectivity index (χ3v) is 2.49. The third-order valence-electron chi connectivity index (χ3n) is 2.24. The van der Waals surface area contributed by atoms with Gasteiger partial charge in [-0.1, -0.05) is 11.6 Å². The molecule has 0 spiro atoms. The van der Waals surface area contributed by atoms with Crippen LogP contribution in [0.1, 0.15) is 23.0 Å². The number of H-pyrrole nitrogens is 1. The van der Waals surface area contributed by atoms with E-state index in [0.717, 1.165) is 0 Å². The Balaban J connectivity index is 0.000000368. The SMILES string of the molecule is Cc1nc(C)c(F)c(=O)[nH]1.Cc1nc(C)c(F)c(Cl)n1.O=P(Cl)(Cl)Cl. The molecule has 0 fully saturated rings. The van der Waals surface area contributed by atoms with Crippen molar-refractivity contribution in [1.82, 2.24) is 19.9 Å². The van der Waals surface area contributed by atoms with E-state index in [2.05, 4.69) is 53.7 Å². The molecule has 2 heterocycles. The molecule has 2 aromatic heterocycles. The second-order valence-electron chi connectivity index (χ2n) is 4.41. The van der Waals surface area contributed by atoms with Crippen molar-refractivity contribution in [3.63, 3.8) is 0 Å². The van der Waals surface area contributed by atoms with Crippen molar-refractivity contribution >= 4 is 50.5 Å².